The summed E-state index contributed by atoms with van der Waals surface area (Å²) in [7, 11) is 0. The van der Waals surface area contributed by atoms with Crippen LogP contribution in [-0.4, -0.2) is 19.9 Å². The first-order valence-corrected chi connectivity index (χ1v) is 17.0. The third-order valence-electron chi connectivity index (χ3n) is 9.99. The monoisotopic (exact) mass is 653 g/mol. The molecular weight excluding hydrogens is 623 g/mol. The van der Waals surface area contributed by atoms with Crippen LogP contribution in [0.5, 0.6) is 0 Å². The fourth-order valence-electron chi connectivity index (χ4n) is 7.35. The maximum absolute atomic E-state index is 7.64. The first-order valence-electron chi connectivity index (χ1n) is 17.0. The van der Waals surface area contributed by atoms with E-state index >= 15 is 0 Å². The molecule has 0 saturated heterocycles. The van der Waals surface area contributed by atoms with Gasteiger partial charge in [0.25, 0.3) is 0 Å². The van der Waals surface area contributed by atoms with E-state index in [-0.39, 0.29) is 5.41 Å². The normalized spacial score (nSPS) is 12.6. The molecule has 0 atom stereocenters. The van der Waals surface area contributed by atoms with Gasteiger partial charge in [-0.2, -0.15) is 0 Å². The number of hydrogen-bond donors (Lipinski definition) is 0. The van der Waals surface area contributed by atoms with Crippen LogP contribution in [0.3, 0.4) is 0 Å². The van der Waals surface area contributed by atoms with Crippen LogP contribution < -0.4 is 0 Å². The summed E-state index contributed by atoms with van der Waals surface area (Å²) in [6, 6.07) is 48.0. The summed E-state index contributed by atoms with van der Waals surface area (Å²) in [6.45, 7) is 12.2. The van der Waals surface area contributed by atoms with E-state index in [9.17, 15) is 0 Å². The Morgan fingerprint density at radius 2 is 1.12 bits per heavy atom. The Hall–Kier alpha value is -6.77. The van der Waals surface area contributed by atoms with Crippen molar-refractivity contribution in [3.8, 4) is 67.5 Å². The molecular formula is C46H31N5. The second kappa shape index (κ2) is 12.0. The van der Waals surface area contributed by atoms with Crippen LogP contribution in [-0.2, 0) is 5.41 Å². The van der Waals surface area contributed by atoms with Crippen LogP contribution in [0.25, 0.3) is 83.2 Å². The van der Waals surface area contributed by atoms with Gasteiger partial charge in [0.05, 0.1) is 6.57 Å². The summed E-state index contributed by atoms with van der Waals surface area (Å²) in [5.41, 5.74) is 12.4. The first-order chi connectivity index (χ1) is 25.0. The Bertz CT molecular complexity index is 2600. The van der Waals surface area contributed by atoms with E-state index < -0.39 is 0 Å². The van der Waals surface area contributed by atoms with Crippen LogP contribution >= 0.6 is 0 Å². The third kappa shape index (κ3) is 5.26. The van der Waals surface area contributed by atoms with Crippen LogP contribution in [0.15, 0.2) is 152 Å². The summed E-state index contributed by atoms with van der Waals surface area (Å²) in [4.78, 5) is 23.2. The second-order valence-corrected chi connectivity index (χ2v) is 13.5. The minimum Gasteiger partial charge on any atom is -0.264 e. The Morgan fingerprint density at radius 1 is 0.510 bits per heavy atom. The van der Waals surface area contributed by atoms with Crippen molar-refractivity contribution in [1.82, 2.24) is 19.9 Å². The summed E-state index contributed by atoms with van der Waals surface area (Å²) < 4.78 is 0. The quantitative estimate of drug-likeness (QED) is 0.173. The average molecular weight is 654 g/mol. The number of aromatic nitrogens is 4. The lowest BCUT2D eigenvalue weighted by atomic mass is 9.81. The highest BCUT2D eigenvalue weighted by Crippen LogP contribution is 2.52. The molecule has 8 aromatic rings. The molecule has 0 aliphatic heterocycles. The lowest BCUT2D eigenvalue weighted by Gasteiger charge is -2.22. The Balaban J connectivity index is 1.24. The van der Waals surface area contributed by atoms with Crippen LogP contribution in [0.1, 0.15) is 25.0 Å². The molecule has 5 nitrogen and oxygen atoms in total. The predicted octanol–water partition coefficient (Wildman–Crippen LogP) is 11.6. The van der Waals surface area contributed by atoms with Crippen molar-refractivity contribution >= 4 is 16.5 Å². The lowest BCUT2D eigenvalue weighted by Crippen LogP contribution is -2.15. The lowest BCUT2D eigenvalue weighted by molar-refractivity contribution is 0.661. The first kappa shape index (κ1) is 30.3. The fraction of sp³-hybridized carbons (Fsp3) is 0.0652. The van der Waals surface area contributed by atoms with E-state index in [2.05, 4.69) is 84.3 Å². The minimum absolute atomic E-state index is 0.226. The van der Waals surface area contributed by atoms with Gasteiger partial charge < -0.3 is 0 Å². The molecule has 0 amide bonds. The zero-order chi connectivity index (χ0) is 34.5. The van der Waals surface area contributed by atoms with Gasteiger partial charge in [-0.15, -0.1) is 0 Å². The molecule has 0 N–H and O–H groups in total. The molecule has 0 bridgehead atoms. The number of benzene rings is 6. The molecule has 2 heterocycles. The summed E-state index contributed by atoms with van der Waals surface area (Å²) in [6.07, 6.45) is 3.69. The van der Waals surface area contributed by atoms with Crippen molar-refractivity contribution < 1.29 is 0 Å². The molecule has 9 rings (SSSR count). The van der Waals surface area contributed by atoms with Gasteiger partial charge >= 0.3 is 0 Å². The molecule has 240 valence electrons. The largest absolute Gasteiger partial charge is 0.264 e. The van der Waals surface area contributed by atoms with Crippen molar-refractivity contribution in [1.29, 1.82) is 0 Å². The van der Waals surface area contributed by atoms with Gasteiger partial charge in [0.15, 0.2) is 23.2 Å². The molecule has 1 aliphatic carbocycles. The van der Waals surface area contributed by atoms with E-state index in [0.29, 0.717) is 23.2 Å². The van der Waals surface area contributed by atoms with Gasteiger partial charge in [-0.1, -0.05) is 117 Å². The molecule has 2 aromatic heterocycles. The molecule has 0 unspecified atom stereocenters. The third-order valence-corrected chi connectivity index (χ3v) is 9.99. The maximum Gasteiger partial charge on any atom is 0.187 e. The predicted molar refractivity (Wildman–Crippen MR) is 206 cm³/mol. The molecule has 51 heavy (non-hydrogen) atoms. The Morgan fingerprint density at radius 3 is 1.76 bits per heavy atom. The number of hydrogen-bond acceptors (Lipinski definition) is 4. The zero-order valence-electron chi connectivity index (χ0n) is 28.2. The average Bonchev–Trinajstić information content (AvgIpc) is 3.43. The summed E-state index contributed by atoms with van der Waals surface area (Å²) in [5, 5.41) is 2.27. The second-order valence-electron chi connectivity index (χ2n) is 13.5. The highest BCUT2D eigenvalue weighted by molar-refractivity contribution is 6.04. The number of fused-ring (bicyclic) bond motifs is 5. The van der Waals surface area contributed by atoms with Crippen LogP contribution in [0, 0.1) is 6.57 Å². The molecule has 0 radical (unpaired) electrons. The summed E-state index contributed by atoms with van der Waals surface area (Å²) >= 11 is 0. The van der Waals surface area contributed by atoms with Gasteiger partial charge in [0.2, 0.25) is 0 Å². The summed E-state index contributed by atoms with van der Waals surface area (Å²) in [5.74, 6) is 1.85. The van der Waals surface area contributed by atoms with Crippen molar-refractivity contribution in [2.24, 2.45) is 0 Å². The van der Waals surface area contributed by atoms with E-state index in [1.165, 1.54) is 22.3 Å². The van der Waals surface area contributed by atoms with Gasteiger partial charge in [0, 0.05) is 40.1 Å². The van der Waals surface area contributed by atoms with Crippen LogP contribution in [0.4, 0.5) is 5.69 Å². The smallest absolute Gasteiger partial charge is 0.187 e. The van der Waals surface area contributed by atoms with Gasteiger partial charge in [-0.3, -0.25) is 4.98 Å². The van der Waals surface area contributed by atoms with Gasteiger partial charge in [-0.05, 0) is 86.1 Å². The minimum atomic E-state index is -0.226. The number of nitrogens with zero attached hydrogens (tertiary/aromatic N) is 5. The molecule has 0 spiro atoms. The molecule has 6 aromatic carbocycles. The zero-order valence-corrected chi connectivity index (χ0v) is 28.2. The fourth-order valence-corrected chi connectivity index (χ4v) is 7.35. The molecule has 5 heteroatoms. The van der Waals surface area contributed by atoms with Crippen molar-refractivity contribution in [2.75, 3.05) is 0 Å². The van der Waals surface area contributed by atoms with E-state index in [1.54, 1.807) is 6.20 Å². The van der Waals surface area contributed by atoms with E-state index in [1.807, 2.05) is 85.1 Å². The highest BCUT2D eigenvalue weighted by Gasteiger charge is 2.36. The van der Waals surface area contributed by atoms with E-state index in [0.717, 1.165) is 49.7 Å². The van der Waals surface area contributed by atoms with Gasteiger partial charge in [0.1, 0.15) is 0 Å². The van der Waals surface area contributed by atoms with Crippen molar-refractivity contribution in [3.63, 3.8) is 0 Å². The Kier molecular flexibility index (Phi) is 7.12. The van der Waals surface area contributed by atoms with Crippen molar-refractivity contribution in [3.05, 3.63) is 174 Å². The standard InChI is InChI=1S/C46H31N5/c1-46(2)40-21-18-29-16-19-37(47-3)27-39(29)42(40)38-20-17-32(26-41(38)46)34-23-35(33-15-10-22-48-28-33)25-36(24-34)45-50-43(30-11-6-4-7-12-30)49-44(51-45)31-13-8-5-9-14-31/h4-28H,1-2H3. The van der Waals surface area contributed by atoms with Gasteiger partial charge in [-0.25, -0.2) is 19.8 Å². The molecule has 1 aliphatic rings. The highest BCUT2D eigenvalue weighted by atomic mass is 15.0. The van der Waals surface area contributed by atoms with Crippen molar-refractivity contribution in [2.45, 2.75) is 19.3 Å². The van der Waals surface area contributed by atoms with E-state index in [4.69, 9.17) is 21.5 Å². The number of pyridine rings is 1. The SMILES string of the molecule is [C-]#[N+]c1ccc2ccc3c(c2c1)-c1ccc(-c2cc(-c4cccnc4)cc(-c4nc(-c5ccccc5)nc(-c5ccccc5)n4)c2)cc1C3(C)C. The number of rotatable bonds is 5. The molecule has 0 fully saturated rings. The Labute approximate surface area is 296 Å². The molecule has 0 saturated carbocycles. The van der Waals surface area contributed by atoms with Crippen LogP contribution in [0.2, 0.25) is 0 Å². The maximum atomic E-state index is 7.64. The topological polar surface area (TPSA) is 55.9 Å².